The molecule has 0 spiro atoms. The summed E-state index contributed by atoms with van der Waals surface area (Å²) >= 11 is 0. The Morgan fingerprint density at radius 2 is 1.57 bits per heavy atom. The largest absolute Gasteiger partial charge is 0.311 e. The summed E-state index contributed by atoms with van der Waals surface area (Å²) in [5.41, 5.74) is 0. The fourth-order valence-corrected chi connectivity index (χ4v) is 2.62. The molecular formula is C13H27N. The predicted molar refractivity (Wildman–Crippen MR) is 63.5 cm³/mol. The van der Waals surface area contributed by atoms with Crippen LogP contribution in [0.2, 0.25) is 0 Å². The van der Waals surface area contributed by atoms with Crippen LogP contribution in [-0.4, -0.2) is 12.1 Å². The highest BCUT2D eigenvalue weighted by molar-refractivity contribution is 4.74. The zero-order chi connectivity index (χ0) is 10.4. The lowest BCUT2D eigenvalue weighted by atomic mass is 10.0. The van der Waals surface area contributed by atoms with Crippen LogP contribution in [0.1, 0.15) is 65.7 Å². The summed E-state index contributed by atoms with van der Waals surface area (Å²) in [5.74, 6) is 0.822. The van der Waals surface area contributed by atoms with E-state index >= 15 is 0 Å². The first-order valence-electron chi connectivity index (χ1n) is 6.44. The van der Waals surface area contributed by atoms with Gasteiger partial charge in [0.2, 0.25) is 0 Å². The van der Waals surface area contributed by atoms with Crippen LogP contribution < -0.4 is 5.32 Å². The van der Waals surface area contributed by atoms with E-state index in [1.165, 1.54) is 44.9 Å². The maximum absolute atomic E-state index is 3.79. The summed E-state index contributed by atoms with van der Waals surface area (Å²) in [5, 5.41) is 3.79. The van der Waals surface area contributed by atoms with Gasteiger partial charge in [-0.25, -0.2) is 0 Å². The molecule has 1 fully saturated rings. The molecule has 0 radical (unpaired) electrons. The van der Waals surface area contributed by atoms with Crippen LogP contribution in [0, 0.1) is 5.92 Å². The minimum absolute atomic E-state index is 0.707. The standard InChI is InChI=1S/C13H27N/c1-11(2)10-12(3)14-13-8-6-4-5-7-9-13/h11-14H,4-10H2,1-3H3. The molecule has 1 atom stereocenters. The van der Waals surface area contributed by atoms with E-state index < -0.39 is 0 Å². The van der Waals surface area contributed by atoms with Crippen molar-refractivity contribution in [2.24, 2.45) is 5.92 Å². The molecule has 1 nitrogen and oxygen atoms in total. The quantitative estimate of drug-likeness (QED) is 0.677. The van der Waals surface area contributed by atoms with E-state index in [4.69, 9.17) is 0 Å². The fourth-order valence-electron chi connectivity index (χ4n) is 2.62. The molecule has 0 bridgehead atoms. The van der Waals surface area contributed by atoms with E-state index in [1.54, 1.807) is 0 Å². The lowest BCUT2D eigenvalue weighted by molar-refractivity contribution is 0.366. The lowest BCUT2D eigenvalue weighted by Gasteiger charge is -2.23. The molecule has 0 amide bonds. The normalized spacial score (nSPS) is 22.3. The topological polar surface area (TPSA) is 12.0 Å². The summed E-state index contributed by atoms with van der Waals surface area (Å²) in [6.45, 7) is 6.96. The second kappa shape index (κ2) is 6.44. The molecule has 84 valence electrons. The van der Waals surface area contributed by atoms with Crippen LogP contribution in [-0.2, 0) is 0 Å². The van der Waals surface area contributed by atoms with Gasteiger partial charge in [-0.3, -0.25) is 0 Å². The molecule has 1 saturated carbocycles. The van der Waals surface area contributed by atoms with E-state index in [0.29, 0.717) is 6.04 Å². The molecule has 0 heterocycles. The Kier molecular flexibility index (Phi) is 5.54. The Labute approximate surface area is 89.7 Å². The minimum atomic E-state index is 0.707. The van der Waals surface area contributed by atoms with E-state index in [-0.39, 0.29) is 0 Å². The van der Waals surface area contributed by atoms with Gasteiger partial charge in [0.15, 0.2) is 0 Å². The van der Waals surface area contributed by atoms with Gasteiger partial charge in [0.05, 0.1) is 0 Å². The highest BCUT2D eigenvalue weighted by atomic mass is 14.9. The molecule has 0 aromatic rings. The molecule has 0 aromatic carbocycles. The predicted octanol–water partition coefficient (Wildman–Crippen LogP) is 3.73. The molecule has 14 heavy (non-hydrogen) atoms. The van der Waals surface area contributed by atoms with E-state index in [9.17, 15) is 0 Å². The summed E-state index contributed by atoms with van der Waals surface area (Å²) in [6.07, 6.45) is 9.91. The third-order valence-corrected chi connectivity index (χ3v) is 3.20. The van der Waals surface area contributed by atoms with Crippen LogP contribution in [0.25, 0.3) is 0 Å². The van der Waals surface area contributed by atoms with Crippen molar-refractivity contribution in [3.05, 3.63) is 0 Å². The molecule has 1 aliphatic carbocycles. The van der Waals surface area contributed by atoms with Gasteiger partial charge in [-0.2, -0.15) is 0 Å². The molecule has 0 aliphatic heterocycles. The average Bonchev–Trinajstić information content (AvgIpc) is 2.31. The van der Waals surface area contributed by atoms with Gasteiger partial charge in [-0.05, 0) is 32.1 Å². The molecule has 1 N–H and O–H groups in total. The van der Waals surface area contributed by atoms with E-state index in [0.717, 1.165) is 12.0 Å². The van der Waals surface area contributed by atoms with Crippen LogP contribution >= 0.6 is 0 Å². The SMILES string of the molecule is CC(C)CC(C)NC1CCCCCC1. The van der Waals surface area contributed by atoms with Crippen molar-refractivity contribution < 1.29 is 0 Å². The first kappa shape index (κ1) is 12.0. The van der Waals surface area contributed by atoms with Crippen molar-refractivity contribution in [3.63, 3.8) is 0 Å². The molecule has 1 rings (SSSR count). The highest BCUT2D eigenvalue weighted by Crippen LogP contribution is 2.18. The summed E-state index contributed by atoms with van der Waals surface area (Å²) in [6, 6.07) is 1.52. The number of nitrogens with one attached hydrogen (secondary N) is 1. The lowest BCUT2D eigenvalue weighted by Crippen LogP contribution is -2.36. The average molecular weight is 197 g/mol. The van der Waals surface area contributed by atoms with Crippen LogP contribution in [0.3, 0.4) is 0 Å². The molecule has 1 aliphatic rings. The van der Waals surface area contributed by atoms with Crippen molar-refractivity contribution in [2.45, 2.75) is 77.8 Å². The molecule has 0 saturated heterocycles. The Hall–Kier alpha value is -0.0400. The Bertz CT molecular complexity index is 134. The fraction of sp³-hybridized carbons (Fsp3) is 1.00. The minimum Gasteiger partial charge on any atom is -0.311 e. The number of hydrogen-bond donors (Lipinski definition) is 1. The van der Waals surface area contributed by atoms with Gasteiger partial charge in [-0.1, -0.05) is 39.5 Å². The number of hydrogen-bond acceptors (Lipinski definition) is 1. The maximum atomic E-state index is 3.79. The van der Waals surface area contributed by atoms with Gasteiger partial charge in [-0.15, -0.1) is 0 Å². The third-order valence-electron chi connectivity index (χ3n) is 3.20. The first-order chi connectivity index (χ1) is 6.68. The smallest absolute Gasteiger partial charge is 0.00695 e. The molecular weight excluding hydrogens is 170 g/mol. The maximum Gasteiger partial charge on any atom is 0.00695 e. The van der Waals surface area contributed by atoms with Crippen molar-refractivity contribution in [1.82, 2.24) is 5.32 Å². The molecule has 1 heteroatoms. The van der Waals surface area contributed by atoms with Crippen LogP contribution in [0.4, 0.5) is 0 Å². The zero-order valence-electron chi connectivity index (χ0n) is 10.2. The van der Waals surface area contributed by atoms with E-state index in [2.05, 4.69) is 26.1 Å². The zero-order valence-corrected chi connectivity index (χ0v) is 10.2. The first-order valence-corrected chi connectivity index (χ1v) is 6.44. The highest BCUT2D eigenvalue weighted by Gasteiger charge is 2.14. The van der Waals surface area contributed by atoms with Crippen LogP contribution in [0.5, 0.6) is 0 Å². The van der Waals surface area contributed by atoms with Gasteiger partial charge in [0.1, 0.15) is 0 Å². The van der Waals surface area contributed by atoms with Crippen molar-refractivity contribution in [2.75, 3.05) is 0 Å². The third kappa shape index (κ3) is 4.99. The summed E-state index contributed by atoms with van der Waals surface area (Å²) < 4.78 is 0. The van der Waals surface area contributed by atoms with Gasteiger partial charge in [0.25, 0.3) is 0 Å². The van der Waals surface area contributed by atoms with E-state index in [1.807, 2.05) is 0 Å². The van der Waals surface area contributed by atoms with Crippen molar-refractivity contribution >= 4 is 0 Å². The molecule has 1 unspecified atom stereocenters. The summed E-state index contributed by atoms with van der Waals surface area (Å²) in [4.78, 5) is 0. The number of rotatable bonds is 4. The second-order valence-corrected chi connectivity index (χ2v) is 5.39. The Balaban J connectivity index is 2.20. The Morgan fingerprint density at radius 3 is 2.07 bits per heavy atom. The summed E-state index contributed by atoms with van der Waals surface area (Å²) in [7, 11) is 0. The molecule has 0 aromatic heterocycles. The van der Waals surface area contributed by atoms with Gasteiger partial charge in [0, 0.05) is 12.1 Å². The monoisotopic (exact) mass is 197 g/mol. The van der Waals surface area contributed by atoms with Crippen molar-refractivity contribution in [3.8, 4) is 0 Å². The second-order valence-electron chi connectivity index (χ2n) is 5.39. The van der Waals surface area contributed by atoms with Crippen LogP contribution in [0.15, 0.2) is 0 Å². The van der Waals surface area contributed by atoms with Crippen molar-refractivity contribution in [1.29, 1.82) is 0 Å². The van der Waals surface area contributed by atoms with Gasteiger partial charge >= 0.3 is 0 Å². The van der Waals surface area contributed by atoms with Gasteiger partial charge < -0.3 is 5.32 Å². The Morgan fingerprint density at radius 1 is 1.00 bits per heavy atom.